The molecule has 0 bridgehead atoms. The first-order valence-electron chi connectivity index (χ1n) is 7.36. The van der Waals surface area contributed by atoms with Gasteiger partial charge in [-0.3, -0.25) is 4.68 Å². The van der Waals surface area contributed by atoms with Crippen LogP contribution >= 0.6 is 0 Å². The van der Waals surface area contributed by atoms with E-state index in [4.69, 9.17) is 0 Å². The van der Waals surface area contributed by atoms with Crippen LogP contribution in [0.5, 0.6) is 0 Å². The lowest BCUT2D eigenvalue weighted by Gasteiger charge is -2.24. The van der Waals surface area contributed by atoms with Gasteiger partial charge in [0.15, 0.2) is 0 Å². The van der Waals surface area contributed by atoms with Gasteiger partial charge in [-0.2, -0.15) is 5.10 Å². The molecule has 1 aromatic heterocycles. The van der Waals surface area contributed by atoms with E-state index in [1.807, 2.05) is 4.68 Å². The number of hydrogen-bond donors (Lipinski definition) is 1. The Morgan fingerprint density at radius 1 is 1.28 bits per heavy atom. The van der Waals surface area contributed by atoms with Gasteiger partial charge < -0.3 is 5.32 Å². The van der Waals surface area contributed by atoms with Crippen molar-refractivity contribution in [1.29, 1.82) is 0 Å². The second-order valence-corrected chi connectivity index (χ2v) is 5.41. The second kappa shape index (κ2) is 6.88. The monoisotopic (exact) mass is 250 g/mol. The SMILES string of the molecule is CCn1ncnc1CC1CCCCCC1CNC. The minimum Gasteiger partial charge on any atom is -0.319 e. The first-order chi connectivity index (χ1) is 8.85. The Kier molecular flexibility index (Phi) is 5.17. The fourth-order valence-electron chi connectivity index (χ4n) is 3.21. The molecule has 0 spiro atoms. The highest BCUT2D eigenvalue weighted by atomic mass is 15.3. The molecular weight excluding hydrogens is 224 g/mol. The fourth-order valence-corrected chi connectivity index (χ4v) is 3.21. The van der Waals surface area contributed by atoms with E-state index in [0.29, 0.717) is 0 Å². The van der Waals surface area contributed by atoms with E-state index in [1.165, 1.54) is 37.9 Å². The highest BCUT2D eigenvalue weighted by Crippen LogP contribution is 2.30. The lowest BCUT2D eigenvalue weighted by molar-refractivity contribution is 0.296. The molecule has 1 aliphatic rings. The summed E-state index contributed by atoms with van der Waals surface area (Å²) < 4.78 is 2.04. The van der Waals surface area contributed by atoms with E-state index < -0.39 is 0 Å². The van der Waals surface area contributed by atoms with E-state index in [-0.39, 0.29) is 0 Å². The predicted molar refractivity (Wildman–Crippen MR) is 73.4 cm³/mol. The first kappa shape index (κ1) is 13.5. The van der Waals surface area contributed by atoms with Crippen molar-refractivity contribution in [2.75, 3.05) is 13.6 Å². The van der Waals surface area contributed by atoms with Crippen LogP contribution in [0, 0.1) is 11.8 Å². The van der Waals surface area contributed by atoms with Crippen LogP contribution in [0.2, 0.25) is 0 Å². The zero-order valence-electron chi connectivity index (χ0n) is 11.7. The predicted octanol–water partition coefficient (Wildman–Crippen LogP) is 2.26. The standard InChI is InChI=1S/C14H26N4/c1-3-18-14(16-11-17-18)9-12-7-5-4-6-8-13(12)10-15-2/h11-13,15H,3-10H2,1-2H3. The zero-order chi connectivity index (χ0) is 12.8. The average Bonchev–Trinajstić information content (AvgIpc) is 2.72. The van der Waals surface area contributed by atoms with Gasteiger partial charge in [0.2, 0.25) is 0 Å². The van der Waals surface area contributed by atoms with E-state index in [9.17, 15) is 0 Å². The van der Waals surface area contributed by atoms with Crippen molar-refractivity contribution in [3.05, 3.63) is 12.2 Å². The Morgan fingerprint density at radius 2 is 2.06 bits per heavy atom. The number of aromatic nitrogens is 3. The van der Waals surface area contributed by atoms with Gasteiger partial charge in [-0.15, -0.1) is 0 Å². The number of nitrogens with one attached hydrogen (secondary N) is 1. The van der Waals surface area contributed by atoms with Crippen molar-refractivity contribution < 1.29 is 0 Å². The molecule has 2 atom stereocenters. The van der Waals surface area contributed by atoms with Gasteiger partial charge >= 0.3 is 0 Å². The summed E-state index contributed by atoms with van der Waals surface area (Å²) in [6.07, 6.45) is 9.68. The number of rotatable bonds is 5. The van der Waals surface area contributed by atoms with Gasteiger partial charge in [-0.1, -0.05) is 19.3 Å². The Balaban J connectivity index is 2.03. The van der Waals surface area contributed by atoms with Crippen molar-refractivity contribution >= 4 is 0 Å². The van der Waals surface area contributed by atoms with Crippen LogP contribution in [0.25, 0.3) is 0 Å². The maximum Gasteiger partial charge on any atom is 0.138 e. The fraction of sp³-hybridized carbons (Fsp3) is 0.857. The maximum absolute atomic E-state index is 4.44. The second-order valence-electron chi connectivity index (χ2n) is 5.41. The summed E-state index contributed by atoms with van der Waals surface area (Å²) in [6, 6.07) is 0. The molecule has 18 heavy (non-hydrogen) atoms. The van der Waals surface area contributed by atoms with E-state index in [2.05, 4.69) is 29.4 Å². The van der Waals surface area contributed by atoms with Crippen LogP contribution in [0.15, 0.2) is 6.33 Å². The molecule has 0 aliphatic heterocycles. The lowest BCUT2D eigenvalue weighted by atomic mass is 9.85. The summed E-state index contributed by atoms with van der Waals surface area (Å²) >= 11 is 0. The normalized spacial score (nSPS) is 25.0. The Hall–Kier alpha value is -0.900. The molecule has 4 nitrogen and oxygen atoms in total. The van der Waals surface area contributed by atoms with Gasteiger partial charge in [0.25, 0.3) is 0 Å². The minimum atomic E-state index is 0.773. The molecule has 1 aliphatic carbocycles. The molecule has 0 aromatic carbocycles. The van der Waals surface area contributed by atoms with Gasteiger partial charge in [0.05, 0.1) is 0 Å². The van der Waals surface area contributed by atoms with Crippen molar-refractivity contribution in [2.24, 2.45) is 11.8 Å². The molecule has 1 N–H and O–H groups in total. The molecule has 1 heterocycles. The molecule has 0 saturated heterocycles. The first-order valence-corrected chi connectivity index (χ1v) is 7.36. The van der Waals surface area contributed by atoms with Crippen LogP contribution in [0.1, 0.15) is 44.9 Å². The molecule has 2 rings (SSSR count). The van der Waals surface area contributed by atoms with Gasteiger partial charge in [-0.05, 0) is 45.2 Å². The highest BCUT2D eigenvalue weighted by molar-refractivity contribution is 4.90. The Morgan fingerprint density at radius 3 is 2.78 bits per heavy atom. The third kappa shape index (κ3) is 3.31. The maximum atomic E-state index is 4.44. The summed E-state index contributed by atoms with van der Waals surface area (Å²) in [7, 11) is 2.07. The van der Waals surface area contributed by atoms with Gasteiger partial charge in [0, 0.05) is 13.0 Å². The average molecular weight is 250 g/mol. The molecule has 0 radical (unpaired) electrons. The summed E-state index contributed by atoms with van der Waals surface area (Å²) in [5.41, 5.74) is 0. The zero-order valence-corrected chi connectivity index (χ0v) is 11.7. The molecule has 1 fully saturated rings. The van der Waals surface area contributed by atoms with E-state index in [1.54, 1.807) is 6.33 Å². The van der Waals surface area contributed by atoms with Crippen molar-refractivity contribution in [3.63, 3.8) is 0 Å². The van der Waals surface area contributed by atoms with Crippen LogP contribution in [0.3, 0.4) is 0 Å². The van der Waals surface area contributed by atoms with Crippen LogP contribution in [0.4, 0.5) is 0 Å². The molecule has 1 aromatic rings. The summed E-state index contributed by atoms with van der Waals surface area (Å²) in [5.74, 6) is 2.75. The van der Waals surface area contributed by atoms with E-state index >= 15 is 0 Å². The topological polar surface area (TPSA) is 42.7 Å². The Labute approximate surface area is 110 Å². The highest BCUT2D eigenvalue weighted by Gasteiger charge is 2.24. The summed E-state index contributed by atoms with van der Waals surface area (Å²) in [5, 5.41) is 7.65. The molecular formula is C14H26N4. The summed E-state index contributed by atoms with van der Waals surface area (Å²) in [4.78, 5) is 4.44. The van der Waals surface area contributed by atoms with Crippen LogP contribution in [-0.2, 0) is 13.0 Å². The Bertz CT molecular complexity index is 347. The minimum absolute atomic E-state index is 0.773. The molecule has 2 unspecified atom stereocenters. The molecule has 102 valence electrons. The van der Waals surface area contributed by atoms with Gasteiger partial charge in [-0.25, -0.2) is 4.98 Å². The van der Waals surface area contributed by atoms with Crippen LogP contribution in [-0.4, -0.2) is 28.4 Å². The van der Waals surface area contributed by atoms with E-state index in [0.717, 1.165) is 31.3 Å². The van der Waals surface area contributed by atoms with Crippen LogP contribution < -0.4 is 5.32 Å². The van der Waals surface area contributed by atoms with Crippen molar-refractivity contribution in [1.82, 2.24) is 20.1 Å². The third-order valence-corrected chi connectivity index (χ3v) is 4.22. The smallest absolute Gasteiger partial charge is 0.138 e. The van der Waals surface area contributed by atoms with Gasteiger partial charge in [0.1, 0.15) is 12.2 Å². The number of aryl methyl sites for hydroxylation is 1. The third-order valence-electron chi connectivity index (χ3n) is 4.22. The number of hydrogen-bond acceptors (Lipinski definition) is 3. The lowest BCUT2D eigenvalue weighted by Crippen LogP contribution is -2.27. The largest absolute Gasteiger partial charge is 0.319 e. The molecule has 1 saturated carbocycles. The quantitative estimate of drug-likeness (QED) is 0.815. The van der Waals surface area contributed by atoms with Crippen molar-refractivity contribution in [2.45, 2.75) is 52.0 Å². The number of nitrogens with zero attached hydrogens (tertiary/aromatic N) is 3. The molecule has 4 heteroatoms. The summed E-state index contributed by atoms with van der Waals surface area (Å²) in [6.45, 7) is 4.21. The molecule has 0 amide bonds. The van der Waals surface area contributed by atoms with Crippen molar-refractivity contribution in [3.8, 4) is 0 Å².